The van der Waals surface area contributed by atoms with Gasteiger partial charge < -0.3 is 15.0 Å². The Bertz CT molecular complexity index is 904. The highest BCUT2D eigenvalue weighted by Crippen LogP contribution is 2.29. The minimum Gasteiger partial charge on any atom is -0.483 e. The molecule has 168 valence electrons. The first-order chi connectivity index (χ1) is 14.7. The maximum absolute atomic E-state index is 14.2. The average molecular weight is 493 g/mol. The number of rotatable bonds is 10. The average Bonchev–Trinajstić information content (AvgIpc) is 2.75. The van der Waals surface area contributed by atoms with Crippen LogP contribution < -0.4 is 10.1 Å². The molecular weight excluding hydrogens is 463 g/mol. The number of benzene rings is 2. The van der Waals surface area contributed by atoms with Crippen molar-refractivity contribution in [3.8, 4) is 5.75 Å². The maximum Gasteiger partial charge on any atom is 0.261 e. The minimum atomic E-state index is -0.769. The second-order valence-corrected chi connectivity index (χ2v) is 8.57. The van der Waals surface area contributed by atoms with Gasteiger partial charge in [0.2, 0.25) is 5.91 Å². The molecule has 5 nitrogen and oxygen atoms in total. The van der Waals surface area contributed by atoms with Gasteiger partial charge in [-0.15, -0.1) is 0 Å². The van der Waals surface area contributed by atoms with Crippen molar-refractivity contribution < 1.29 is 18.7 Å². The van der Waals surface area contributed by atoms with Crippen LogP contribution in [0.5, 0.6) is 5.75 Å². The lowest BCUT2D eigenvalue weighted by atomic mass is 10.0. The molecule has 0 saturated heterocycles. The summed E-state index contributed by atoms with van der Waals surface area (Å²) in [6.45, 7) is 7.99. The number of carbonyl (C=O) groups is 2. The van der Waals surface area contributed by atoms with Gasteiger partial charge in [0.15, 0.2) is 6.61 Å². The molecule has 0 spiro atoms. The summed E-state index contributed by atoms with van der Waals surface area (Å²) < 4.78 is 20.7. The van der Waals surface area contributed by atoms with E-state index in [0.29, 0.717) is 23.8 Å². The first-order valence-corrected chi connectivity index (χ1v) is 11.3. The lowest BCUT2D eigenvalue weighted by Crippen LogP contribution is -2.49. The van der Waals surface area contributed by atoms with Gasteiger partial charge in [-0.25, -0.2) is 4.39 Å². The topological polar surface area (TPSA) is 58.6 Å². The van der Waals surface area contributed by atoms with Crippen LogP contribution in [-0.4, -0.2) is 35.9 Å². The smallest absolute Gasteiger partial charge is 0.261 e. The van der Waals surface area contributed by atoms with Crippen molar-refractivity contribution in [2.45, 2.75) is 52.6 Å². The van der Waals surface area contributed by atoms with Crippen molar-refractivity contribution >= 4 is 27.7 Å². The van der Waals surface area contributed by atoms with Gasteiger partial charge in [-0.1, -0.05) is 45.0 Å². The van der Waals surface area contributed by atoms with Gasteiger partial charge in [0.25, 0.3) is 5.91 Å². The summed E-state index contributed by atoms with van der Waals surface area (Å²) in [4.78, 5) is 26.9. The van der Waals surface area contributed by atoms with Crippen LogP contribution in [0.4, 0.5) is 4.39 Å². The van der Waals surface area contributed by atoms with Gasteiger partial charge in [0.1, 0.15) is 17.6 Å². The zero-order valence-corrected chi connectivity index (χ0v) is 20.0. The number of amides is 2. The zero-order chi connectivity index (χ0) is 23.0. The van der Waals surface area contributed by atoms with E-state index in [0.717, 1.165) is 16.5 Å². The molecule has 2 aromatic rings. The van der Waals surface area contributed by atoms with Crippen LogP contribution in [0.15, 0.2) is 46.9 Å². The Morgan fingerprint density at radius 2 is 1.87 bits per heavy atom. The molecule has 31 heavy (non-hydrogen) atoms. The fourth-order valence-electron chi connectivity index (χ4n) is 3.00. The van der Waals surface area contributed by atoms with Crippen molar-refractivity contribution in [2.75, 3.05) is 13.2 Å². The predicted molar refractivity (Wildman–Crippen MR) is 123 cm³/mol. The molecule has 0 aliphatic carbocycles. The molecular formula is C24H30BrFN2O3. The van der Waals surface area contributed by atoms with E-state index in [1.807, 2.05) is 25.1 Å². The summed E-state index contributed by atoms with van der Waals surface area (Å²) in [7, 11) is 0. The summed E-state index contributed by atoms with van der Waals surface area (Å²) in [5.74, 6) is -0.206. The molecule has 0 heterocycles. The molecule has 0 radical (unpaired) electrons. The molecule has 7 heteroatoms. The summed E-state index contributed by atoms with van der Waals surface area (Å²) >= 11 is 3.48. The van der Waals surface area contributed by atoms with Crippen LogP contribution in [0.1, 0.15) is 51.2 Å². The summed E-state index contributed by atoms with van der Waals surface area (Å²) in [5, 5.41) is 2.79. The van der Waals surface area contributed by atoms with Gasteiger partial charge in [0.05, 0.1) is 4.47 Å². The Morgan fingerprint density at radius 1 is 1.16 bits per heavy atom. The third-order valence-corrected chi connectivity index (χ3v) is 5.61. The zero-order valence-electron chi connectivity index (χ0n) is 18.5. The maximum atomic E-state index is 14.2. The number of nitrogens with one attached hydrogen (secondary N) is 1. The summed E-state index contributed by atoms with van der Waals surface area (Å²) in [6.07, 6.45) is 0.781. The van der Waals surface area contributed by atoms with E-state index in [-0.39, 0.29) is 19.1 Å². The second kappa shape index (κ2) is 11.8. The van der Waals surface area contributed by atoms with Crippen molar-refractivity contribution in [3.05, 3.63) is 63.9 Å². The van der Waals surface area contributed by atoms with Crippen LogP contribution in [0.25, 0.3) is 0 Å². The number of halogens is 2. The Balaban J connectivity index is 2.17. The lowest BCUT2D eigenvalue weighted by molar-refractivity contribution is -0.142. The van der Waals surface area contributed by atoms with Crippen LogP contribution in [-0.2, 0) is 16.1 Å². The molecule has 1 N–H and O–H groups in total. The van der Waals surface area contributed by atoms with E-state index >= 15 is 0 Å². The summed E-state index contributed by atoms with van der Waals surface area (Å²) in [5.41, 5.74) is 1.49. The molecule has 2 amide bonds. The van der Waals surface area contributed by atoms with E-state index < -0.39 is 17.8 Å². The van der Waals surface area contributed by atoms with Gasteiger partial charge in [-0.05, 0) is 59.0 Å². The standard InChI is InChI=1S/C24H30BrFN2O3/c1-5-12-27-24(30)17(4)28(14-19-8-6-7-9-21(19)26)23(29)15-31-22-11-10-18(16(2)3)13-20(22)25/h6-11,13,16-17H,5,12,14-15H2,1-4H3,(H,27,30). The molecule has 2 aromatic carbocycles. The van der Waals surface area contributed by atoms with Crippen molar-refractivity contribution in [1.29, 1.82) is 0 Å². The largest absolute Gasteiger partial charge is 0.483 e. The quantitative estimate of drug-likeness (QED) is 0.505. The van der Waals surface area contributed by atoms with Crippen LogP contribution in [0, 0.1) is 5.82 Å². The predicted octanol–water partition coefficient (Wildman–Crippen LogP) is 5.03. The molecule has 0 aliphatic rings. The normalized spacial score (nSPS) is 11.8. The molecule has 0 fully saturated rings. The highest BCUT2D eigenvalue weighted by molar-refractivity contribution is 9.10. The van der Waals surface area contributed by atoms with Crippen LogP contribution in [0.2, 0.25) is 0 Å². The van der Waals surface area contributed by atoms with E-state index in [4.69, 9.17) is 4.74 Å². The van der Waals surface area contributed by atoms with Crippen molar-refractivity contribution in [3.63, 3.8) is 0 Å². The molecule has 0 aliphatic heterocycles. The van der Waals surface area contributed by atoms with Crippen LogP contribution in [0.3, 0.4) is 0 Å². The number of ether oxygens (including phenoxy) is 1. The molecule has 0 aromatic heterocycles. The van der Waals surface area contributed by atoms with E-state index in [2.05, 4.69) is 35.1 Å². The molecule has 1 unspecified atom stereocenters. The van der Waals surface area contributed by atoms with E-state index in [1.54, 1.807) is 25.1 Å². The van der Waals surface area contributed by atoms with Crippen molar-refractivity contribution in [2.24, 2.45) is 0 Å². The third kappa shape index (κ3) is 7.06. The van der Waals surface area contributed by atoms with Gasteiger partial charge in [-0.3, -0.25) is 9.59 Å². The van der Waals surface area contributed by atoms with E-state index in [9.17, 15) is 14.0 Å². The first kappa shape index (κ1) is 24.9. The second-order valence-electron chi connectivity index (χ2n) is 7.71. The van der Waals surface area contributed by atoms with Gasteiger partial charge >= 0.3 is 0 Å². The molecule has 1 atom stereocenters. The number of nitrogens with zero attached hydrogens (tertiary/aromatic N) is 1. The van der Waals surface area contributed by atoms with Crippen LogP contribution >= 0.6 is 15.9 Å². The number of carbonyl (C=O) groups excluding carboxylic acids is 2. The fourth-order valence-corrected chi connectivity index (χ4v) is 3.52. The SMILES string of the molecule is CCCNC(=O)C(C)N(Cc1ccccc1F)C(=O)COc1ccc(C(C)C)cc1Br. The Kier molecular flexibility index (Phi) is 9.49. The Morgan fingerprint density at radius 3 is 2.48 bits per heavy atom. The highest BCUT2D eigenvalue weighted by Gasteiger charge is 2.27. The molecule has 0 bridgehead atoms. The van der Waals surface area contributed by atoms with Gasteiger partial charge in [-0.2, -0.15) is 0 Å². The monoisotopic (exact) mass is 492 g/mol. The van der Waals surface area contributed by atoms with Crippen molar-refractivity contribution in [1.82, 2.24) is 10.2 Å². The van der Waals surface area contributed by atoms with Gasteiger partial charge in [0, 0.05) is 18.7 Å². The molecule has 2 rings (SSSR count). The number of hydrogen-bond acceptors (Lipinski definition) is 3. The third-order valence-electron chi connectivity index (χ3n) is 4.99. The lowest BCUT2D eigenvalue weighted by Gasteiger charge is -2.29. The Hall–Kier alpha value is -2.41. The minimum absolute atomic E-state index is 0.0248. The summed E-state index contributed by atoms with van der Waals surface area (Å²) in [6, 6.07) is 11.2. The number of hydrogen-bond donors (Lipinski definition) is 1. The molecule has 0 saturated carbocycles. The Labute approximate surface area is 192 Å². The van der Waals surface area contributed by atoms with E-state index in [1.165, 1.54) is 11.0 Å². The first-order valence-electron chi connectivity index (χ1n) is 10.5. The highest BCUT2D eigenvalue weighted by atomic mass is 79.9. The fraction of sp³-hybridized carbons (Fsp3) is 0.417.